The Labute approximate surface area is 184 Å². The Bertz CT molecular complexity index is 1030. The van der Waals surface area contributed by atoms with E-state index in [1.54, 1.807) is 0 Å². The van der Waals surface area contributed by atoms with Crippen molar-refractivity contribution in [2.24, 2.45) is 0 Å². The van der Waals surface area contributed by atoms with Crippen molar-refractivity contribution >= 4 is 21.7 Å². The molecule has 1 atom stereocenters. The average Bonchev–Trinajstić information content (AvgIpc) is 2.72. The van der Waals surface area contributed by atoms with E-state index in [-0.39, 0.29) is 0 Å². The predicted octanol–water partition coefficient (Wildman–Crippen LogP) is 1.66. The zero-order valence-corrected chi connectivity index (χ0v) is 19.3. The molecule has 0 saturated carbocycles. The first-order chi connectivity index (χ1) is 14.7. The van der Waals surface area contributed by atoms with Crippen molar-refractivity contribution in [1.29, 1.82) is 0 Å². The molecule has 0 spiro atoms. The Morgan fingerprint density at radius 1 is 1.03 bits per heavy atom. The van der Waals surface area contributed by atoms with E-state index in [2.05, 4.69) is 19.8 Å². The summed E-state index contributed by atoms with van der Waals surface area (Å²) in [7, 11) is -3.28. The lowest BCUT2D eigenvalue weighted by molar-refractivity contribution is 0.109. The fraction of sp³-hybridized carbons (Fsp3) is 0.545. The first kappa shape index (κ1) is 22.0. The van der Waals surface area contributed by atoms with E-state index in [0.29, 0.717) is 13.1 Å². The van der Waals surface area contributed by atoms with E-state index in [9.17, 15) is 13.5 Å². The minimum Gasteiger partial charge on any atom is -0.387 e. The highest BCUT2D eigenvalue weighted by molar-refractivity contribution is 7.92. The van der Waals surface area contributed by atoms with Gasteiger partial charge in [-0.05, 0) is 49.9 Å². The molecule has 31 heavy (non-hydrogen) atoms. The lowest BCUT2D eigenvalue weighted by atomic mass is 9.98. The van der Waals surface area contributed by atoms with Gasteiger partial charge in [-0.15, -0.1) is 0 Å². The normalized spacial score (nSPS) is 18.7. The Balaban J connectivity index is 1.39. The summed E-state index contributed by atoms with van der Waals surface area (Å²) >= 11 is 0. The number of hydrogen-bond acceptors (Lipinski definition) is 7. The number of piperazine rings is 1. The van der Waals surface area contributed by atoms with Gasteiger partial charge in [-0.2, -0.15) is 0 Å². The molecule has 0 amide bonds. The molecular formula is C22H31N5O3S. The molecule has 0 bridgehead atoms. The minimum atomic E-state index is -3.28. The van der Waals surface area contributed by atoms with Crippen molar-refractivity contribution in [3.63, 3.8) is 0 Å². The van der Waals surface area contributed by atoms with Crippen LogP contribution in [0.15, 0.2) is 24.3 Å². The van der Waals surface area contributed by atoms with Gasteiger partial charge in [0.25, 0.3) is 0 Å². The second kappa shape index (κ2) is 8.72. The van der Waals surface area contributed by atoms with Crippen molar-refractivity contribution in [1.82, 2.24) is 14.9 Å². The summed E-state index contributed by atoms with van der Waals surface area (Å²) in [5.41, 5.74) is 4.52. The van der Waals surface area contributed by atoms with Crippen LogP contribution in [0.3, 0.4) is 0 Å². The van der Waals surface area contributed by atoms with Crippen LogP contribution < -0.4 is 9.21 Å². The van der Waals surface area contributed by atoms with Crippen molar-refractivity contribution in [3.8, 4) is 0 Å². The van der Waals surface area contributed by atoms with Crippen molar-refractivity contribution in [2.45, 2.75) is 32.8 Å². The van der Waals surface area contributed by atoms with E-state index in [4.69, 9.17) is 0 Å². The number of sulfonamides is 1. The van der Waals surface area contributed by atoms with Crippen LogP contribution in [-0.2, 0) is 16.4 Å². The zero-order chi connectivity index (χ0) is 22.2. The number of aliphatic hydroxyl groups is 1. The summed E-state index contributed by atoms with van der Waals surface area (Å²) in [5.74, 6) is 0.780. The molecule has 1 saturated heterocycles. The van der Waals surface area contributed by atoms with Crippen LogP contribution in [0.4, 0.5) is 11.6 Å². The topological polar surface area (TPSA) is 89.9 Å². The Morgan fingerprint density at radius 2 is 1.71 bits per heavy atom. The largest absolute Gasteiger partial charge is 0.387 e. The molecule has 8 nitrogen and oxygen atoms in total. The molecule has 4 rings (SSSR count). The van der Waals surface area contributed by atoms with E-state index in [1.807, 2.05) is 38.1 Å². The first-order valence-corrected chi connectivity index (χ1v) is 12.6. The number of nitrogens with zero attached hydrogens (tertiary/aromatic N) is 5. The van der Waals surface area contributed by atoms with Gasteiger partial charge in [0.1, 0.15) is 0 Å². The summed E-state index contributed by atoms with van der Waals surface area (Å²) in [6, 6.07) is 7.64. The molecule has 1 N–H and O–H groups in total. The second-order valence-electron chi connectivity index (χ2n) is 8.58. The maximum absolute atomic E-state index is 12.1. The Hall–Kier alpha value is -2.23. The van der Waals surface area contributed by atoms with E-state index in [0.717, 1.165) is 73.2 Å². The fourth-order valence-electron chi connectivity index (χ4n) is 4.46. The SMILES string of the molecule is Cc1cc(C)nc(N2CCN(C[C@@H](O)c3ccc4c(c3)CCCN4S(C)(=O)=O)CC2)n1. The van der Waals surface area contributed by atoms with Crippen molar-refractivity contribution in [2.75, 3.05) is 54.7 Å². The highest BCUT2D eigenvalue weighted by Gasteiger charge is 2.26. The van der Waals surface area contributed by atoms with Crippen LogP contribution in [0.25, 0.3) is 0 Å². The van der Waals surface area contributed by atoms with Crippen LogP contribution in [-0.4, -0.2) is 73.9 Å². The maximum atomic E-state index is 12.1. The van der Waals surface area contributed by atoms with Crippen molar-refractivity contribution < 1.29 is 13.5 Å². The minimum absolute atomic E-state index is 0.516. The molecule has 0 radical (unpaired) electrons. The molecule has 1 aromatic carbocycles. The molecule has 0 aliphatic carbocycles. The number of aliphatic hydroxyl groups excluding tert-OH is 1. The Kier molecular flexibility index (Phi) is 6.18. The third kappa shape index (κ3) is 4.99. The first-order valence-electron chi connectivity index (χ1n) is 10.8. The lowest BCUT2D eigenvalue weighted by Crippen LogP contribution is -2.48. The van der Waals surface area contributed by atoms with Gasteiger partial charge in [-0.25, -0.2) is 18.4 Å². The number of β-amino-alcohol motifs (C(OH)–C–C–N with tert-alkyl or cyclic N) is 1. The van der Waals surface area contributed by atoms with E-state index >= 15 is 0 Å². The number of anilines is 2. The zero-order valence-electron chi connectivity index (χ0n) is 18.5. The Morgan fingerprint density at radius 3 is 2.35 bits per heavy atom. The summed E-state index contributed by atoms with van der Waals surface area (Å²) < 4.78 is 25.6. The molecule has 2 aromatic rings. The third-order valence-electron chi connectivity index (χ3n) is 6.02. The van der Waals surface area contributed by atoms with Crippen LogP contribution in [0, 0.1) is 13.8 Å². The number of rotatable bonds is 5. The average molecular weight is 446 g/mol. The molecule has 1 fully saturated rings. The maximum Gasteiger partial charge on any atom is 0.232 e. The van der Waals surface area contributed by atoms with Crippen LogP contribution in [0.1, 0.15) is 35.0 Å². The number of hydrogen-bond donors (Lipinski definition) is 1. The van der Waals surface area contributed by atoms with Gasteiger partial charge in [0.2, 0.25) is 16.0 Å². The number of benzene rings is 1. The number of fused-ring (bicyclic) bond motifs is 1. The summed E-state index contributed by atoms with van der Waals surface area (Å²) in [4.78, 5) is 13.6. The van der Waals surface area contributed by atoms with Crippen LogP contribution >= 0.6 is 0 Å². The summed E-state index contributed by atoms with van der Waals surface area (Å²) in [5, 5.41) is 10.8. The highest BCUT2D eigenvalue weighted by Crippen LogP contribution is 2.31. The van der Waals surface area contributed by atoms with E-state index in [1.165, 1.54) is 10.6 Å². The molecule has 2 aliphatic heterocycles. The quantitative estimate of drug-likeness (QED) is 0.749. The van der Waals surface area contributed by atoms with E-state index < -0.39 is 16.1 Å². The lowest BCUT2D eigenvalue weighted by Gasteiger charge is -2.36. The fourth-order valence-corrected chi connectivity index (χ4v) is 5.46. The van der Waals surface area contributed by atoms with Gasteiger partial charge in [-0.3, -0.25) is 9.21 Å². The van der Waals surface area contributed by atoms with Gasteiger partial charge >= 0.3 is 0 Å². The summed E-state index contributed by atoms with van der Waals surface area (Å²) in [6.45, 7) is 8.35. The molecule has 168 valence electrons. The van der Waals surface area contributed by atoms with Gasteiger partial charge in [0, 0.05) is 50.7 Å². The summed E-state index contributed by atoms with van der Waals surface area (Å²) in [6.07, 6.45) is 2.26. The van der Waals surface area contributed by atoms with Crippen LogP contribution in [0.2, 0.25) is 0 Å². The standard InChI is InChI=1S/C22H31N5O3S/c1-16-13-17(2)24-22(23-16)26-11-9-25(10-12-26)15-21(28)19-6-7-20-18(14-19)5-4-8-27(20)31(3,29)30/h6-7,13-14,21,28H,4-5,8-12,15H2,1-3H3/t21-/m1/s1. The molecule has 3 heterocycles. The van der Waals surface area contributed by atoms with Gasteiger partial charge < -0.3 is 10.0 Å². The van der Waals surface area contributed by atoms with Crippen molar-refractivity contribution in [3.05, 3.63) is 46.8 Å². The molecule has 1 aromatic heterocycles. The predicted molar refractivity (Wildman–Crippen MR) is 122 cm³/mol. The van der Waals surface area contributed by atoms with Gasteiger partial charge in [0.15, 0.2) is 0 Å². The monoisotopic (exact) mass is 445 g/mol. The number of aryl methyl sites for hydroxylation is 3. The van der Waals surface area contributed by atoms with Crippen LogP contribution in [0.5, 0.6) is 0 Å². The highest BCUT2D eigenvalue weighted by atomic mass is 32.2. The number of aromatic nitrogens is 2. The van der Waals surface area contributed by atoms with Gasteiger partial charge in [-0.1, -0.05) is 12.1 Å². The third-order valence-corrected chi connectivity index (χ3v) is 7.20. The molecule has 0 unspecified atom stereocenters. The molecular weight excluding hydrogens is 414 g/mol. The van der Waals surface area contributed by atoms with Gasteiger partial charge in [0.05, 0.1) is 18.0 Å². The second-order valence-corrected chi connectivity index (χ2v) is 10.5. The smallest absolute Gasteiger partial charge is 0.232 e. The molecule has 2 aliphatic rings. The molecule has 9 heteroatoms.